The van der Waals surface area contributed by atoms with Gasteiger partial charge in [-0.15, -0.1) is 0 Å². The van der Waals surface area contributed by atoms with Crippen molar-refractivity contribution in [2.75, 3.05) is 13.2 Å². The number of aromatic nitrogens is 2. The molecule has 82 heavy (non-hydrogen) atoms. The molecule has 0 unspecified atom stereocenters. The Labute approximate surface area is 494 Å². The first-order chi connectivity index (χ1) is 38.2. The Kier molecular flexibility index (Phi) is 15.0. The van der Waals surface area contributed by atoms with Crippen LogP contribution in [0.5, 0.6) is 0 Å². The van der Waals surface area contributed by atoms with Gasteiger partial charge in [0.25, 0.3) is 5.56 Å². The van der Waals surface area contributed by atoms with Crippen LogP contribution < -0.4 is 11.2 Å². The van der Waals surface area contributed by atoms with Gasteiger partial charge in [0.15, 0.2) is 0 Å². The van der Waals surface area contributed by atoms with Gasteiger partial charge < -0.3 is 24.3 Å². The predicted octanol–water partition coefficient (Wildman–Crippen LogP) is 15.0. The summed E-state index contributed by atoms with van der Waals surface area (Å²) in [6.45, 7) is 35.5. The summed E-state index contributed by atoms with van der Waals surface area (Å²) in [5.41, 5.74) is 2.03. The van der Waals surface area contributed by atoms with Gasteiger partial charge >= 0.3 is 17.6 Å². The monoisotopic (exact) mass is 1130 g/mol. The second kappa shape index (κ2) is 20.3. The fourth-order valence-corrected chi connectivity index (χ4v) is 23.5. The van der Waals surface area contributed by atoms with Crippen molar-refractivity contribution in [3.05, 3.63) is 56.4 Å². The molecule has 10 aliphatic carbocycles. The van der Waals surface area contributed by atoms with E-state index < -0.39 is 10.8 Å². The van der Waals surface area contributed by atoms with E-state index in [0.29, 0.717) is 62.5 Å². The molecule has 11 rings (SSSR count). The molecular formula is C72H112N2O8. The highest BCUT2D eigenvalue weighted by molar-refractivity contribution is 5.79. The Bertz CT molecular complexity index is 2850. The zero-order valence-electron chi connectivity index (χ0n) is 54.0. The lowest BCUT2D eigenvalue weighted by atomic mass is 9.33. The number of carbonyl (C=O) groups is 2. The summed E-state index contributed by atoms with van der Waals surface area (Å²) in [6, 6.07) is 1.48. The average Bonchev–Trinajstić information content (AvgIpc) is 0.846. The number of allylic oxidation sites excluding steroid dienone is 4. The van der Waals surface area contributed by atoms with E-state index in [9.17, 15) is 29.4 Å². The summed E-state index contributed by atoms with van der Waals surface area (Å²) >= 11 is 0. The number of aliphatic hydroxyl groups is 2. The Morgan fingerprint density at radius 2 is 0.927 bits per heavy atom. The smallest absolute Gasteiger partial charge is 0.330 e. The van der Waals surface area contributed by atoms with Gasteiger partial charge in [-0.2, -0.15) is 0 Å². The molecule has 1 aromatic heterocycles. The van der Waals surface area contributed by atoms with Crippen LogP contribution in [0.1, 0.15) is 251 Å². The van der Waals surface area contributed by atoms with Crippen molar-refractivity contribution < 1.29 is 29.3 Å². The van der Waals surface area contributed by atoms with Crippen LogP contribution in [-0.4, -0.2) is 56.7 Å². The molecule has 0 amide bonds. The number of hydrogen-bond donors (Lipinski definition) is 2. The van der Waals surface area contributed by atoms with Gasteiger partial charge in [0.1, 0.15) is 0 Å². The number of rotatable bonds is 12. The molecular weight excluding hydrogens is 1020 g/mol. The molecule has 0 bridgehead atoms. The SMILES string of the molecule is CC1(C)CC[C@]2(C(=O)OCCCCn3ccc(=O)n(CCCCOC(=O)[C@]45CCC(C)(C)C[C@H]4C4=CC[C@@H]6[C@@]7(C)CC[C@H](O)C(C)(C)[C@@H]7CC[C@@]6(C)[C@]4(C)CC5)c3=O)CC[C@]3(C)C(=CC[C@@H]4[C@@]5(C)CC[C@H](O)C(C)(C)[C@@H]5CC[C@]43C)[C@@H]2C1. The number of nitrogens with zero attached hydrogens (tertiary/aromatic N) is 2. The number of hydrogen-bond acceptors (Lipinski definition) is 8. The molecule has 0 aliphatic heterocycles. The topological polar surface area (TPSA) is 137 Å². The molecule has 1 aromatic rings. The molecule has 0 radical (unpaired) electrons. The summed E-state index contributed by atoms with van der Waals surface area (Å²) in [5.74, 6) is 2.31. The minimum Gasteiger partial charge on any atom is -0.465 e. The fourth-order valence-electron chi connectivity index (χ4n) is 23.5. The molecule has 8 saturated carbocycles. The average molecular weight is 1130 g/mol. The van der Waals surface area contributed by atoms with Crippen LogP contribution >= 0.6 is 0 Å². The lowest BCUT2D eigenvalue weighted by Gasteiger charge is -2.71. The lowest BCUT2D eigenvalue weighted by molar-refractivity contribution is -0.206. The van der Waals surface area contributed by atoms with E-state index in [1.807, 2.05) is 0 Å². The minimum atomic E-state index is -0.536. The number of aliphatic hydroxyl groups excluding tert-OH is 2. The quantitative estimate of drug-likeness (QED) is 0.120. The van der Waals surface area contributed by atoms with E-state index >= 15 is 0 Å². The Balaban J connectivity index is 0.692. The highest BCUT2D eigenvalue weighted by Crippen LogP contribution is 2.78. The van der Waals surface area contributed by atoms with Crippen LogP contribution in [0.2, 0.25) is 0 Å². The first kappa shape index (κ1) is 60.7. The molecule has 0 saturated heterocycles. The standard InChI is InChI=1S/C72H112N2O8/c1-61(2)32-36-71(38-34-67(11)47(49(71)45-61)19-21-53-65(9)28-25-55(75)63(5,6)51(65)23-30-69(53,67)13)58(78)81-43-17-15-40-73-42-27-57(77)74(60(73)80)41-16-18-44-82-59(79)72-37-33-62(3,4)46-50(72)48-20-22-54-66(10)29-26-56(76)64(7,8)52(66)24-31-70(54,14)68(48,12)35-39-72/h19-20,27,42,49-56,75-76H,15-18,21-26,28-41,43-46H2,1-14H3/t49-,50-,51-,52-,53+,54+,55-,56-,65-,66-,67+,68+,69+,70+,71-,72-/m0/s1. The normalized spacial score (nSPS) is 44.6. The second-order valence-electron chi connectivity index (χ2n) is 34.5. The summed E-state index contributed by atoms with van der Waals surface area (Å²) in [5, 5.41) is 22.4. The number of ether oxygens (including phenoxy) is 2. The zero-order valence-corrected chi connectivity index (χ0v) is 54.0. The maximum Gasteiger partial charge on any atom is 0.330 e. The molecule has 2 N–H and O–H groups in total. The summed E-state index contributed by atoms with van der Waals surface area (Å²) < 4.78 is 15.6. The van der Waals surface area contributed by atoms with Crippen molar-refractivity contribution in [3.8, 4) is 0 Å². The predicted molar refractivity (Wildman–Crippen MR) is 325 cm³/mol. The van der Waals surface area contributed by atoms with Crippen molar-refractivity contribution in [1.29, 1.82) is 0 Å². The third kappa shape index (κ3) is 8.87. The maximum atomic E-state index is 14.7. The molecule has 10 nitrogen and oxygen atoms in total. The first-order valence-electron chi connectivity index (χ1n) is 33.7. The highest BCUT2D eigenvalue weighted by Gasteiger charge is 2.72. The van der Waals surface area contributed by atoms with Gasteiger partial charge in [0.05, 0.1) is 36.3 Å². The van der Waals surface area contributed by atoms with Gasteiger partial charge in [-0.3, -0.25) is 19.0 Å². The highest BCUT2D eigenvalue weighted by atomic mass is 16.5. The van der Waals surface area contributed by atoms with Crippen LogP contribution in [0.4, 0.5) is 0 Å². The van der Waals surface area contributed by atoms with Crippen molar-refractivity contribution >= 4 is 11.9 Å². The maximum absolute atomic E-state index is 14.7. The molecule has 0 spiro atoms. The molecule has 8 fully saturated rings. The molecule has 16 atom stereocenters. The summed E-state index contributed by atoms with van der Waals surface area (Å²) in [7, 11) is 0. The van der Waals surface area contributed by atoms with E-state index in [2.05, 4.69) is 109 Å². The molecule has 458 valence electrons. The number of esters is 2. The van der Waals surface area contributed by atoms with Crippen LogP contribution in [0, 0.1) is 100 Å². The number of aryl methyl sites for hydroxylation is 1. The molecule has 10 heteroatoms. The molecule has 10 aliphatic rings. The van der Waals surface area contributed by atoms with Crippen LogP contribution in [-0.2, 0) is 32.2 Å². The fraction of sp³-hybridized carbons (Fsp3) is 0.861. The summed E-state index contributed by atoms with van der Waals surface area (Å²) in [4.78, 5) is 56.5. The first-order valence-corrected chi connectivity index (χ1v) is 33.7. The Morgan fingerprint density at radius 3 is 1.37 bits per heavy atom. The van der Waals surface area contributed by atoms with Gasteiger partial charge in [0.2, 0.25) is 0 Å². The van der Waals surface area contributed by atoms with Crippen molar-refractivity contribution in [1.82, 2.24) is 9.13 Å². The van der Waals surface area contributed by atoms with E-state index in [1.165, 1.54) is 28.2 Å². The zero-order chi connectivity index (χ0) is 59.3. The Hall–Kier alpha value is -2.98. The lowest BCUT2D eigenvalue weighted by Crippen LogP contribution is -2.65. The van der Waals surface area contributed by atoms with E-state index in [-0.39, 0.29) is 115 Å². The van der Waals surface area contributed by atoms with E-state index in [0.717, 1.165) is 122 Å². The summed E-state index contributed by atoms with van der Waals surface area (Å²) in [6.07, 6.45) is 28.7. The Morgan fingerprint density at radius 1 is 0.512 bits per heavy atom. The second-order valence-corrected chi connectivity index (χ2v) is 34.5. The molecule has 1 heterocycles. The van der Waals surface area contributed by atoms with Gasteiger partial charge in [-0.05, 0) is 244 Å². The van der Waals surface area contributed by atoms with Crippen molar-refractivity contribution in [2.24, 2.45) is 100 Å². The van der Waals surface area contributed by atoms with Gasteiger partial charge in [-0.25, -0.2) is 4.79 Å². The number of unbranched alkanes of at least 4 members (excludes halogenated alkanes) is 2. The number of carbonyl (C=O) groups excluding carboxylic acids is 2. The van der Waals surface area contributed by atoms with E-state index in [4.69, 9.17) is 9.47 Å². The van der Waals surface area contributed by atoms with Crippen molar-refractivity contribution in [3.63, 3.8) is 0 Å². The van der Waals surface area contributed by atoms with E-state index in [1.54, 1.807) is 10.8 Å². The van der Waals surface area contributed by atoms with Crippen LogP contribution in [0.3, 0.4) is 0 Å². The largest absolute Gasteiger partial charge is 0.465 e. The minimum absolute atomic E-state index is 0.000683. The van der Waals surface area contributed by atoms with Crippen LogP contribution in [0.25, 0.3) is 0 Å². The third-order valence-corrected chi connectivity index (χ3v) is 29.2. The third-order valence-electron chi connectivity index (χ3n) is 29.2. The number of fused-ring (bicyclic) bond motifs is 14. The van der Waals surface area contributed by atoms with Gasteiger partial charge in [0, 0.05) is 25.4 Å². The van der Waals surface area contributed by atoms with Crippen LogP contribution in [0.15, 0.2) is 45.2 Å². The van der Waals surface area contributed by atoms with Gasteiger partial charge in [-0.1, -0.05) is 120 Å². The molecule has 0 aromatic carbocycles. The van der Waals surface area contributed by atoms with Crippen molar-refractivity contribution in [2.45, 2.75) is 276 Å².